The first-order valence-corrected chi connectivity index (χ1v) is 10.8. The number of hydrogen-bond donors (Lipinski definition) is 1. The second kappa shape index (κ2) is 8.68. The molecule has 3 heterocycles. The number of nitrogens with zero attached hydrogens (tertiary/aromatic N) is 6. The van der Waals surface area contributed by atoms with Crippen molar-refractivity contribution >= 4 is 17.1 Å². The van der Waals surface area contributed by atoms with Crippen LogP contribution in [0.2, 0.25) is 0 Å². The molecule has 1 saturated heterocycles. The van der Waals surface area contributed by atoms with Crippen molar-refractivity contribution in [3.63, 3.8) is 0 Å². The van der Waals surface area contributed by atoms with Gasteiger partial charge in [0.2, 0.25) is 5.95 Å². The number of piperidine rings is 1. The maximum atomic E-state index is 13.2. The molecule has 2 N–H and O–H groups in total. The number of anilines is 1. The highest BCUT2D eigenvalue weighted by Crippen LogP contribution is 2.24. The van der Waals surface area contributed by atoms with E-state index in [4.69, 9.17) is 10.7 Å². The third-order valence-corrected chi connectivity index (χ3v) is 5.90. The van der Waals surface area contributed by atoms with Gasteiger partial charge < -0.3 is 15.5 Å². The second-order valence-electron chi connectivity index (χ2n) is 8.61. The summed E-state index contributed by atoms with van der Waals surface area (Å²) in [6, 6.07) is 10.1. The average Bonchev–Trinajstić information content (AvgIpc) is 3.11. The number of likely N-dealkylation sites (N-methyl/N-ethyl adjacent to an activating group) is 1. The van der Waals surface area contributed by atoms with E-state index in [0.29, 0.717) is 43.3 Å². The van der Waals surface area contributed by atoms with Crippen molar-refractivity contribution in [1.82, 2.24) is 23.6 Å². The van der Waals surface area contributed by atoms with E-state index < -0.39 is 0 Å². The summed E-state index contributed by atoms with van der Waals surface area (Å²) in [5.74, 6) is 0.704. The Hall–Kier alpha value is -2.91. The summed E-state index contributed by atoms with van der Waals surface area (Å²) in [7, 11) is 5.45. The van der Waals surface area contributed by atoms with Gasteiger partial charge in [0, 0.05) is 39.3 Å². The Kier molecular flexibility index (Phi) is 5.97. The lowest BCUT2D eigenvalue weighted by atomic mass is 10.1. The van der Waals surface area contributed by atoms with Crippen molar-refractivity contribution in [3.8, 4) is 0 Å². The Morgan fingerprint density at radius 1 is 1.16 bits per heavy atom. The van der Waals surface area contributed by atoms with Crippen LogP contribution in [0.5, 0.6) is 0 Å². The zero-order valence-corrected chi connectivity index (χ0v) is 18.5. The first-order chi connectivity index (χ1) is 14.9. The molecule has 0 bridgehead atoms. The molecule has 31 heavy (non-hydrogen) atoms. The van der Waals surface area contributed by atoms with Crippen LogP contribution in [-0.4, -0.2) is 63.4 Å². The molecule has 4 rings (SSSR count). The van der Waals surface area contributed by atoms with E-state index in [1.807, 2.05) is 53.9 Å². The fourth-order valence-electron chi connectivity index (χ4n) is 4.20. The van der Waals surface area contributed by atoms with Gasteiger partial charge in [-0.25, -0.2) is 4.79 Å². The highest BCUT2D eigenvalue weighted by Gasteiger charge is 2.26. The summed E-state index contributed by atoms with van der Waals surface area (Å²) in [6.07, 6.45) is 1.95. The van der Waals surface area contributed by atoms with Gasteiger partial charge >= 0.3 is 5.69 Å². The molecule has 9 heteroatoms. The average molecular weight is 426 g/mol. The summed E-state index contributed by atoms with van der Waals surface area (Å²) in [5, 5.41) is 0. The number of rotatable bonds is 6. The molecule has 0 spiro atoms. The van der Waals surface area contributed by atoms with Crippen LogP contribution >= 0.6 is 0 Å². The molecule has 0 amide bonds. The lowest BCUT2D eigenvalue weighted by Crippen LogP contribution is -2.44. The van der Waals surface area contributed by atoms with Gasteiger partial charge in [-0.3, -0.25) is 18.5 Å². The van der Waals surface area contributed by atoms with Crippen molar-refractivity contribution in [2.45, 2.75) is 32.0 Å². The summed E-state index contributed by atoms with van der Waals surface area (Å²) in [6.45, 7) is 3.13. The van der Waals surface area contributed by atoms with E-state index in [1.54, 1.807) is 4.57 Å². The first-order valence-electron chi connectivity index (χ1n) is 10.8. The lowest BCUT2D eigenvalue weighted by Gasteiger charge is -2.31. The van der Waals surface area contributed by atoms with Gasteiger partial charge in [0.25, 0.3) is 5.56 Å². The number of nitrogens with two attached hydrogens (primary N) is 1. The maximum Gasteiger partial charge on any atom is 0.332 e. The van der Waals surface area contributed by atoms with Gasteiger partial charge in [-0.05, 0) is 32.5 Å². The van der Waals surface area contributed by atoms with Crippen LogP contribution in [0.4, 0.5) is 5.95 Å². The van der Waals surface area contributed by atoms with Gasteiger partial charge in [0.05, 0.1) is 6.54 Å². The van der Waals surface area contributed by atoms with E-state index in [9.17, 15) is 9.59 Å². The summed E-state index contributed by atoms with van der Waals surface area (Å²) in [4.78, 5) is 35.2. The molecular weight excluding hydrogens is 394 g/mol. The minimum atomic E-state index is -0.342. The molecular formula is C22H31N7O2. The van der Waals surface area contributed by atoms with Crippen LogP contribution in [0.25, 0.3) is 11.2 Å². The van der Waals surface area contributed by atoms with E-state index in [2.05, 4.69) is 4.90 Å². The minimum absolute atomic E-state index is 0.0671. The van der Waals surface area contributed by atoms with Crippen molar-refractivity contribution < 1.29 is 0 Å². The monoisotopic (exact) mass is 425 g/mol. The van der Waals surface area contributed by atoms with E-state index >= 15 is 0 Å². The molecule has 1 aliphatic heterocycles. The van der Waals surface area contributed by atoms with Crippen LogP contribution in [-0.2, 0) is 20.1 Å². The predicted molar refractivity (Wildman–Crippen MR) is 123 cm³/mol. The number of hydrogen-bond acceptors (Lipinski definition) is 6. The third kappa shape index (κ3) is 4.15. The molecule has 1 aliphatic rings. The molecule has 166 valence electrons. The van der Waals surface area contributed by atoms with Crippen LogP contribution in [0.3, 0.4) is 0 Å². The maximum absolute atomic E-state index is 13.2. The molecule has 3 aromatic rings. The zero-order valence-electron chi connectivity index (χ0n) is 18.5. The van der Waals surface area contributed by atoms with E-state index in [0.717, 1.165) is 24.9 Å². The van der Waals surface area contributed by atoms with E-state index in [1.165, 1.54) is 11.6 Å². The van der Waals surface area contributed by atoms with Crippen molar-refractivity contribution in [2.75, 3.05) is 38.6 Å². The molecule has 1 fully saturated rings. The Morgan fingerprint density at radius 2 is 1.90 bits per heavy atom. The lowest BCUT2D eigenvalue weighted by molar-refractivity contribution is 0.380. The van der Waals surface area contributed by atoms with Crippen LogP contribution < -0.4 is 21.9 Å². The highest BCUT2D eigenvalue weighted by molar-refractivity contribution is 5.75. The van der Waals surface area contributed by atoms with Gasteiger partial charge in [-0.2, -0.15) is 4.98 Å². The van der Waals surface area contributed by atoms with Gasteiger partial charge in [-0.15, -0.1) is 0 Å². The molecule has 2 aromatic heterocycles. The minimum Gasteiger partial charge on any atom is -0.341 e. The molecule has 0 aliphatic carbocycles. The molecule has 9 nitrogen and oxygen atoms in total. The van der Waals surface area contributed by atoms with Crippen LogP contribution in [0.1, 0.15) is 18.4 Å². The first kappa shape index (κ1) is 21.3. The number of fused-ring (bicyclic) bond motifs is 1. The fourth-order valence-corrected chi connectivity index (χ4v) is 4.20. The summed E-state index contributed by atoms with van der Waals surface area (Å²) in [5.41, 5.74) is 7.55. The Bertz CT molecular complexity index is 1180. The number of imidazole rings is 1. The Balaban J connectivity index is 1.95. The molecule has 1 aromatic carbocycles. The molecule has 1 unspecified atom stereocenters. The topological polar surface area (TPSA) is 94.3 Å². The van der Waals surface area contributed by atoms with Crippen molar-refractivity contribution in [3.05, 3.63) is 56.7 Å². The van der Waals surface area contributed by atoms with Crippen LogP contribution in [0, 0.1) is 0 Å². The SMILES string of the molecule is CN(C)CCn1c(=O)n(C)c(=O)c2c1nc(N1CCCC(N)C1)n2Cc1ccccc1. The third-order valence-electron chi connectivity index (χ3n) is 5.90. The summed E-state index contributed by atoms with van der Waals surface area (Å²) >= 11 is 0. The molecule has 1 atom stereocenters. The predicted octanol–water partition coefficient (Wildman–Crippen LogP) is 0.434. The van der Waals surface area contributed by atoms with Gasteiger partial charge in [0.15, 0.2) is 11.2 Å². The molecule has 0 radical (unpaired) electrons. The smallest absolute Gasteiger partial charge is 0.332 e. The highest BCUT2D eigenvalue weighted by atomic mass is 16.2. The second-order valence-corrected chi connectivity index (χ2v) is 8.61. The van der Waals surface area contributed by atoms with Gasteiger partial charge in [0.1, 0.15) is 0 Å². The van der Waals surface area contributed by atoms with Crippen molar-refractivity contribution in [1.29, 1.82) is 0 Å². The quantitative estimate of drug-likeness (QED) is 0.616. The van der Waals surface area contributed by atoms with Crippen molar-refractivity contribution in [2.24, 2.45) is 12.8 Å². The zero-order chi connectivity index (χ0) is 22.1. The summed E-state index contributed by atoms with van der Waals surface area (Å²) < 4.78 is 4.76. The number of aromatic nitrogens is 4. The van der Waals surface area contributed by atoms with Crippen LogP contribution in [0.15, 0.2) is 39.9 Å². The number of benzene rings is 1. The Labute approximate surface area is 181 Å². The van der Waals surface area contributed by atoms with E-state index in [-0.39, 0.29) is 17.3 Å². The fraction of sp³-hybridized carbons (Fsp3) is 0.500. The van der Waals surface area contributed by atoms with Gasteiger partial charge in [-0.1, -0.05) is 30.3 Å². The largest absolute Gasteiger partial charge is 0.341 e. The standard InChI is InChI=1S/C22H31N7O2/c1-25(2)12-13-28-19-18(20(30)26(3)22(28)31)29(14-16-8-5-4-6-9-16)21(24-19)27-11-7-10-17(23)15-27/h4-6,8-9,17H,7,10-15,23H2,1-3H3. The normalized spacial score (nSPS) is 17.1. The Morgan fingerprint density at radius 3 is 2.58 bits per heavy atom. The molecule has 0 saturated carbocycles.